The Morgan fingerprint density at radius 2 is 0.520 bits per heavy atom. The number of esters is 3. The Balaban J connectivity index is 4.37. The number of carbonyl (C=O) groups excluding carboxylic acids is 3. The molecule has 0 bridgehead atoms. The Morgan fingerprint density at radius 1 is 0.280 bits per heavy atom. The summed E-state index contributed by atoms with van der Waals surface area (Å²) in [5.74, 6) is -0.928. The summed E-state index contributed by atoms with van der Waals surface area (Å²) in [5.41, 5.74) is 0. The monoisotopic (exact) mass is 1050 g/mol. The molecule has 0 spiro atoms. The summed E-state index contributed by atoms with van der Waals surface area (Å²) in [5, 5.41) is 0. The van der Waals surface area contributed by atoms with Crippen LogP contribution in [0.2, 0.25) is 0 Å². The van der Waals surface area contributed by atoms with Crippen LogP contribution in [0.5, 0.6) is 0 Å². The van der Waals surface area contributed by atoms with Crippen LogP contribution in [0.3, 0.4) is 0 Å². The average molecular weight is 1050 g/mol. The molecule has 0 N–H and O–H groups in total. The number of hydrogen-bond acceptors (Lipinski definition) is 6. The lowest BCUT2D eigenvalue weighted by atomic mass is 10.0. The zero-order chi connectivity index (χ0) is 54.3. The van der Waals surface area contributed by atoms with Gasteiger partial charge >= 0.3 is 17.9 Å². The molecule has 0 amide bonds. The first-order chi connectivity index (χ1) is 37.0. The van der Waals surface area contributed by atoms with Crippen LogP contribution in [0.4, 0.5) is 0 Å². The molecule has 1 unspecified atom stereocenters. The molecule has 0 aliphatic carbocycles. The highest BCUT2D eigenvalue weighted by atomic mass is 16.6. The van der Waals surface area contributed by atoms with Gasteiger partial charge in [-0.1, -0.05) is 326 Å². The summed E-state index contributed by atoms with van der Waals surface area (Å²) >= 11 is 0. The molecule has 0 aromatic carbocycles. The first kappa shape index (κ1) is 72.1. The number of hydrogen-bond donors (Lipinski definition) is 0. The SMILES string of the molecule is CC/C=C\C/C=C\C/C=C\C/C=C\C/C=C\CCCC(=O)OC(COC(=O)CCCCCCCCCCCCCCCCCCCCC)COC(=O)CCCCCCCCCCCCCCCCCCCCCCC. The highest BCUT2D eigenvalue weighted by Crippen LogP contribution is 2.18. The first-order valence-corrected chi connectivity index (χ1v) is 32.8. The van der Waals surface area contributed by atoms with Crippen molar-refractivity contribution < 1.29 is 28.6 Å². The third kappa shape index (κ3) is 61.8. The summed E-state index contributed by atoms with van der Waals surface area (Å²) in [6.07, 6.45) is 81.0. The highest BCUT2D eigenvalue weighted by molar-refractivity contribution is 5.71. The molecule has 0 aliphatic rings. The molecular weight excluding hydrogens is 925 g/mol. The van der Waals surface area contributed by atoms with Crippen molar-refractivity contribution in [2.45, 2.75) is 348 Å². The van der Waals surface area contributed by atoms with Gasteiger partial charge in [0.15, 0.2) is 6.10 Å². The van der Waals surface area contributed by atoms with Crippen molar-refractivity contribution in [3.05, 3.63) is 60.8 Å². The van der Waals surface area contributed by atoms with Crippen LogP contribution >= 0.6 is 0 Å². The zero-order valence-electron chi connectivity index (χ0n) is 50.1. The molecule has 0 rings (SSSR count). The van der Waals surface area contributed by atoms with E-state index in [1.807, 2.05) is 0 Å². The van der Waals surface area contributed by atoms with E-state index in [-0.39, 0.29) is 37.5 Å². The van der Waals surface area contributed by atoms with Crippen molar-refractivity contribution in [1.29, 1.82) is 0 Å². The molecule has 1 atom stereocenters. The summed E-state index contributed by atoms with van der Waals surface area (Å²) < 4.78 is 16.9. The van der Waals surface area contributed by atoms with E-state index in [0.29, 0.717) is 19.3 Å². The first-order valence-electron chi connectivity index (χ1n) is 32.8. The van der Waals surface area contributed by atoms with Gasteiger partial charge in [-0.3, -0.25) is 14.4 Å². The minimum atomic E-state index is -0.802. The number of rotatable bonds is 60. The molecule has 6 nitrogen and oxygen atoms in total. The average Bonchev–Trinajstić information content (AvgIpc) is 3.41. The third-order valence-corrected chi connectivity index (χ3v) is 14.5. The second kappa shape index (κ2) is 63.6. The van der Waals surface area contributed by atoms with Crippen molar-refractivity contribution in [2.24, 2.45) is 0 Å². The second-order valence-electron chi connectivity index (χ2n) is 22.0. The summed E-state index contributed by atoms with van der Waals surface area (Å²) in [7, 11) is 0. The molecule has 0 aliphatic heterocycles. The van der Waals surface area contributed by atoms with Gasteiger partial charge in [-0.2, -0.15) is 0 Å². The van der Waals surface area contributed by atoms with Gasteiger partial charge in [0.1, 0.15) is 13.2 Å². The Kier molecular flexibility index (Phi) is 61.2. The smallest absolute Gasteiger partial charge is 0.306 e. The van der Waals surface area contributed by atoms with Gasteiger partial charge in [-0.05, 0) is 57.8 Å². The van der Waals surface area contributed by atoms with E-state index in [0.717, 1.165) is 77.0 Å². The van der Waals surface area contributed by atoms with E-state index in [9.17, 15) is 14.4 Å². The fraction of sp³-hybridized carbons (Fsp3) is 0.812. The molecule has 436 valence electrons. The Hall–Kier alpha value is -2.89. The van der Waals surface area contributed by atoms with E-state index in [1.165, 1.54) is 218 Å². The molecule has 0 aromatic heterocycles. The maximum absolute atomic E-state index is 12.9. The lowest BCUT2D eigenvalue weighted by molar-refractivity contribution is -0.167. The molecule has 0 saturated carbocycles. The molecule has 6 heteroatoms. The quantitative estimate of drug-likeness (QED) is 0.0261. The van der Waals surface area contributed by atoms with Crippen molar-refractivity contribution in [2.75, 3.05) is 13.2 Å². The number of ether oxygens (including phenoxy) is 3. The van der Waals surface area contributed by atoms with Gasteiger partial charge < -0.3 is 14.2 Å². The van der Waals surface area contributed by atoms with Crippen LogP contribution < -0.4 is 0 Å². The highest BCUT2D eigenvalue weighted by Gasteiger charge is 2.19. The topological polar surface area (TPSA) is 78.9 Å². The van der Waals surface area contributed by atoms with Crippen molar-refractivity contribution in [3.8, 4) is 0 Å². The lowest BCUT2D eigenvalue weighted by Gasteiger charge is -2.18. The van der Waals surface area contributed by atoms with E-state index in [2.05, 4.69) is 81.5 Å². The number of carbonyl (C=O) groups is 3. The number of unbranched alkanes of at least 4 members (excludes halogenated alkanes) is 39. The fourth-order valence-electron chi connectivity index (χ4n) is 9.66. The maximum Gasteiger partial charge on any atom is 0.306 e. The Labute approximate surface area is 466 Å². The van der Waals surface area contributed by atoms with E-state index >= 15 is 0 Å². The van der Waals surface area contributed by atoms with Crippen molar-refractivity contribution >= 4 is 17.9 Å². The summed E-state index contributed by atoms with van der Waals surface area (Å²) in [6.45, 7) is 6.54. The second-order valence-corrected chi connectivity index (χ2v) is 22.0. The van der Waals surface area contributed by atoms with Gasteiger partial charge in [0.05, 0.1) is 0 Å². The summed E-state index contributed by atoms with van der Waals surface area (Å²) in [6, 6.07) is 0. The zero-order valence-corrected chi connectivity index (χ0v) is 50.1. The predicted molar refractivity (Wildman–Crippen MR) is 325 cm³/mol. The van der Waals surface area contributed by atoms with E-state index < -0.39 is 6.10 Å². The molecule has 0 fully saturated rings. The van der Waals surface area contributed by atoms with Gasteiger partial charge in [-0.25, -0.2) is 0 Å². The molecule has 0 heterocycles. The van der Waals surface area contributed by atoms with Crippen LogP contribution in [0.15, 0.2) is 60.8 Å². The third-order valence-electron chi connectivity index (χ3n) is 14.5. The van der Waals surface area contributed by atoms with Crippen LogP contribution in [0.1, 0.15) is 342 Å². The normalized spacial score (nSPS) is 12.4. The fourth-order valence-corrected chi connectivity index (χ4v) is 9.66. The largest absolute Gasteiger partial charge is 0.462 e. The van der Waals surface area contributed by atoms with Gasteiger partial charge in [0.2, 0.25) is 0 Å². The van der Waals surface area contributed by atoms with Gasteiger partial charge in [-0.15, -0.1) is 0 Å². The van der Waals surface area contributed by atoms with Crippen LogP contribution in [0.25, 0.3) is 0 Å². The standard InChI is InChI=1S/C69H124O6/c1-4-7-10-13-16-19-22-25-28-31-33-34-36-39-41-44-47-50-53-56-59-62-68(71)74-65-66(75-69(72)63-60-57-54-51-48-45-42-37-30-27-24-21-18-15-12-9-6-3)64-73-67(70)61-58-55-52-49-46-43-40-38-35-32-29-26-23-20-17-14-11-8-5-2/h9,12,18,21,27,30,42,45,51,54,66H,4-8,10-11,13-17,19-20,22-26,28-29,31-41,43-44,46-50,52-53,55-65H2,1-3H3/b12-9-,21-18-,30-27-,45-42-,54-51-. The van der Waals surface area contributed by atoms with E-state index in [1.54, 1.807) is 0 Å². The molecule has 0 radical (unpaired) electrons. The van der Waals surface area contributed by atoms with Crippen molar-refractivity contribution in [1.82, 2.24) is 0 Å². The molecular formula is C69H124O6. The maximum atomic E-state index is 12.9. The minimum Gasteiger partial charge on any atom is -0.462 e. The Bertz CT molecular complexity index is 1340. The molecule has 75 heavy (non-hydrogen) atoms. The predicted octanol–water partition coefficient (Wildman–Crippen LogP) is 22.3. The van der Waals surface area contributed by atoms with Crippen molar-refractivity contribution in [3.63, 3.8) is 0 Å². The van der Waals surface area contributed by atoms with Gasteiger partial charge in [0, 0.05) is 19.3 Å². The number of allylic oxidation sites excluding steroid dienone is 10. The van der Waals surface area contributed by atoms with Gasteiger partial charge in [0.25, 0.3) is 0 Å². The van der Waals surface area contributed by atoms with Crippen LogP contribution in [0, 0.1) is 0 Å². The minimum absolute atomic E-state index is 0.0921. The van der Waals surface area contributed by atoms with E-state index in [4.69, 9.17) is 14.2 Å². The lowest BCUT2D eigenvalue weighted by Crippen LogP contribution is -2.30. The van der Waals surface area contributed by atoms with Crippen LogP contribution in [-0.2, 0) is 28.6 Å². The Morgan fingerprint density at radius 3 is 0.800 bits per heavy atom. The molecule has 0 aromatic rings. The van der Waals surface area contributed by atoms with Crippen LogP contribution in [-0.4, -0.2) is 37.2 Å². The molecule has 0 saturated heterocycles. The summed E-state index contributed by atoms with van der Waals surface area (Å²) in [4.78, 5) is 38.3.